The second-order valence-electron chi connectivity index (χ2n) is 5.75. The van der Waals surface area contributed by atoms with Crippen molar-refractivity contribution in [2.45, 2.75) is 6.18 Å². The molecule has 3 rings (SSSR count). The molecule has 3 aromatic rings. The van der Waals surface area contributed by atoms with Crippen LogP contribution in [0.4, 0.5) is 13.2 Å². The Hall–Kier alpha value is -3.08. The summed E-state index contributed by atoms with van der Waals surface area (Å²) in [4.78, 5) is 12.3. The van der Waals surface area contributed by atoms with Crippen LogP contribution in [0.1, 0.15) is 21.5 Å². The van der Waals surface area contributed by atoms with Crippen molar-refractivity contribution in [3.63, 3.8) is 0 Å². The molecule has 0 aromatic heterocycles. The number of hydrogen-bond donors (Lipinski definition) is 0. The van der Waals surface area contributed by atoms with Crippen LogP contribution in [-0.4, -0.2) is 12.9 Å². The first-order valence-corrected chi connectivity index (χ1v) is 7.84. The van der Waals surface area contributed by atoms with E-state index in [1.165, 1.54) is 24.3 Å². The molecule has 3 aromatic carbocycles. The Morgan fingerprint density at radius 1 is 0.923 bits per heavy atom. The number of benzene rings is 3. The summed E-state index contributed by atoms with van der Waals surface area (Å²) in [6, 6.07) is 15.5. The van der Waals surface area contributed by atoms with Crippen molar-refractivity contribution in [3.8, 4) is 5.75 Å². The molecule has 0 fully saturated rings. The number of halogens is 3. The highest BCUT2D eigenvalue weighted by molar-refractivity contribution is 6.08. The molecule has 0 heterocycles. The lowest BCUT2D eigenvalue weighted by Crippen LogP contribution is -2.04. The van der Waals surface area contributed by atoms with Crippen molar-refractivity contribution < 1.29 is 22.7 Å². The molecular weight excluding hydrogens is 341 g/mol. The quantitative estimate of drug-likeness (QED) is 0.439. The summed E-state index contributed by atoms with van der Waals surface area (Å²) in [6.07, 6.45) is -1.51. The summed E-state index contributed by atoms with van der Waals surface area (Å²) in [5.41, 5.74) is 0.314. The Bertz CT molecular complexity index is 971. The Kier molecular flexibility index (Phi) is 4.80. The maximum atomic E-state index is 12.6. The topological polar surface area (TPSA) is 26.3 Å². The molecule has 5 heteroatoms. The van der Waals surface area contributed by atoms with Crippen molar-refractivity contribution >= 4 is 22.6 Å². The molecular formula is C21H15F3O2. The van der Waals surface area contributed by atoms with Crippen LogP contribution >= 0.6 is 0 Å². The molecule has 0 N–H and O–H groups in total. The van der Waals surface area contributed by atoms with Crippen LogP contribution in [0, 0.1) is 0 Å². The summed E-state index contributed by atoms with van der Waals surface area (Å²) in [7, 11) is 1.59. The first-order valence-electron chi connectivity index (χ1n) is 7.84. The molecule has 0 aliphatic carbocycles. The van der Waals surface area contributed by atoms with Crippen molar-refractivity contribution in [1.29, 1.82) is 0 Å². The number of methoxy groups -OCH3 is 1. The Morgan fingerprint density at radius 3 is 2.23 bits per heavy atom. The largest absolute Gasteiger partial charge is 0.497 e. The van der Waals surface area contributed by atoms with E-state index in [-0.39, 0.29) is 5.78 Å². The normalized spacial score (nSPS) is 11.8. The predicted molar refractivity (Wildman–Crippen MR) is 95.3 cm³/mol. The minimum atomic E-state index is -4.37. The van der Waals surface area contributed by atoms with Gasteiger partial charge in [0.2, 0.25) is 0 Å². The minimum absolute atomic E-state index is 0.220. The second-order valence-corrected chi connectivity index (χ2v) is 5.75. The summed E-state index contributed by atoms with van der Waals surface area (Å²) in [5, 5.41) is 1.85. The molecule has 0 spiro atoms. The monoisotopic (exact) mass is 356 g/mol. The van der Waals surface area contributed by atoms with Crippen molar-refractivity contribution in [1.82, 2.24) is 0 Å². The van der Waals surface area contributed by atoms with Gasteiger partial charge in [0.05, 0.1) is 12.7 Å². The molecule has 132 valence electrons. The van der Waals surface area contributed by atoms with E-state index in [2.05, 4.69) is 0 Å². The number of carbonyl (C=O) groups is 1. The number of ether oxygens (including phenoxy) is 1. The van der Waals surface area contributed by atoms with Crippen LogP contribution in [0.5, 0.6) is 5.75 Å². The van der Waals surface area contributed by atoms with Gasteiger partial charge in [-0.15, -0.1) is 0 Å². The molecule has 0 amide bonds. The first-order chi connectivity index (χ1) is 12.4. The van der Waals surface area contributed by atoms with Crippen LogP contribution in [0.2, 0.25) is 0 Å². The van der Waals surface area contributed by atoms with E-state index in [1.807, 2.05) is 24.3 Å². The zero-order valence-corrected chi connectivity index (χ0v) is 13.9. The van der Waals surface area contributed by atoms with Gasteiger partial charge in [-0.05, 0) is 52.7 Å². The molecule has 0 bridgehead atoms. The number of allylic oxidation sites excluding steroid dienone is 1. The molecule has 0 aliphatic heterocycles. The van der Waals surface area contributed by atoms with Gasteiger partial charge in [0, 0.05) is 5.56 Å². The SMILES string of the molecule is COc1ccc2cc(C(=O)/C=C\c3ccc(C(F)(F)F)cc3)ccc2c1. The standard InChI is InChI=1S/C21H15F3O2/c1-26-19-10-7-15-12-17(6-5-16(15)13-19)20(25)11-4-14-2-8-18(9-3-14)21(22,23)24/h2-13H,1H3/b11-4-. The highest BCUT2D eigenvalue weighted by Gasteiger charge is 2.29. The maximum absolute atomic E-state index is 12.6. The van der Waals surface area contributed by atoms with Crippen LogP contribution < -0.4 is 4.74 Å². The lowest BCUT2D eigenvalue weighted by atomic mass is 10.0. The van der Waals surface area contributed by atoms with Gasteiger partial charge < -0.3 is 4.74 Å². The van der Waals surface area contributed by atoms with E-state index in [1.54, 1.807) is 19.2 Å². The molecule has 0 aliphatic rings. The summed E-state index contributed by atoms with van der Waals surface area (Å²) >= 11 is 0. The average molecular weight is 356 g/mol. The molecule has 2 nitrogen and oxygen atoms in total. The third kappa shape index (κ3) is 3.94. The fraction of sp³-hybridized carbons (Fsp3) is 0.0952. The maximum Gasteiger partial charge on any atom is 0.416 e. The van der Waals surface area contributed by atoms with Gasteiger partial charge >= 0.3 is 6.18 Å². The Balaban J connectivity index is 1.79. The number of rotatable bonds is 4. The highest BCUT2D eigenvalue weighted by atomic mass is 19.4. The Morgan fingerprint density at radius 2 is 1.58 bits per heavy atom. The summed E-state index contributed by atoms with van der Waals surface area (Å²) in [6.45, 7) is 0. The molecule has 0 atom stereocenters. The fourth-order valence-corrected chi connectivity index (χ4v) is 2.56. The summed E-state index contributed by atoms with van der Waals surface area (Å²) in [5.74, 6) is 0.515. The smallest absolute Gasteiger partial charge is 0.416 e. The van der Waals surface area contributed by atoms with Crippen LogP contribution in [-0.2, 0) is 6.18 Å². The third-order valence-corrected chi connectivity index (χ3v) is 4.00. The van der Waals surface area contributed by atoms with E-state index in [0.717, 1.165) is 28.7 Å². The number of ketones is 1. The van der Waals surface area contributed by atoms with Crippen LogP contribution in [0.25, 0.3) is 16.8 Å². The third-order valence-electron chi connectivity index (χ3n) is 4.00. The number of carbonyl (C=O) groups excluding carboxylic acids is 1. The molecule has 0 radical (unpaired) electrons. The Labute approximate surface area is 148 Å². The van der Waals surface area contributed by atoms with Gasteiger partial charge in [-0.2, -0.15) is 13.2 Å². The molecule has 0 saturated carbocycles. The average Bonchev–Trinajstić information content (AvgIpc) is 2.64. The first kappa shape index (κ1) is 17.7. The summed E-state index contributed by atoms with van der Waals surface area (Å²) < 4.78 is 42.8. The van der Waals surface area contributed by atoms with E-state index >= 15 is 0 Å². The lowest BCUT2D eigenvalue weighted by Gasteiger charge is -2.06. The van der Waals surface area contributed by atoms with E-state index < -0.39 is 11.7 Å². The van der Waals surface area contributed by atoms with Crippen molar-refractivity contribution in [2.24, 2.45) is 0 Å². The molecule has 0 saturated heterocycles. The van der Waals surface area contributed by atoms with E-state index in [0.29, 0.717) is 11.1 Å². The zero-order chi connectivity index (χ0) is 18.7. The fourth-order valence-electron chi connectivity index (χ4n) is 2.56. The zero-order valence-electron chi connectivity index (χ0n) is 13.9. The highest BCUT2D eigenvalue weighted by Crippen LogP contribution is 2.29. The van der Waals surface area contributed by atoms with Gasteiger partial charge in [0.1, 0.15) is 5.75 Å². The number of alkyl halides is 3. The van der Waals surface area contributed by atoms with Gasteiger partial charge in [0.15, 0.2) is 5.78 Å². The lowest BCUT2D eigenvalue weighted by molar-refractivity contribution is -0.137. The van der Waals surface area contributed by atoms with Crippen LogP contribution in [0.15, 0.2) is 66.7 Å². The van der Waals surface area contributed by atoms with E-state index in [9.17, 15) is 18.0 Å². The van der Waals surface area contributed by atoms with Gasteiger partial charge in [-0.3, -0.25) is 4.79 Å². The van der Waals surface area contributed by atoms with E-state index in [4.69, 9.17) is 4.74 Å². The predicted octanol–water partition coefficient (Wildman–Crippen LogP) is 5.76. The number of hydrogen-bond acceptors (Lipinski definition) is 2. The molecule has 0 unspecified atom stereocenters. The van der Waals surface area contributed by atoms with Gasteiger partial charge in [-0.1, -0.05) is 36.4 Å². The van der Waals surface area contributed by atoms with Gasteiger partial charge in [0.25, 0.3) is 0 Å². The number of fused-ring (bicyclic) bond motifs is 1. The molecule has 26 heavy (non-hydrogen) atoms. The van der Waals surface area contributed by atoms with Crippen molar-refractivity contribution in [2.75, 3.05) is 7.11 Å². The van der Waals surface area contributed by atoms with Crippen LogP contribution in [0.3, 0.4) is 0 Å². The van der Waals surface area contributed by atoms with Crippen molar-refractivity contribution in [3.05, 3.63) is 83.4 Å². The van der Waals surface area contributed by atoms with Gasteiger partial charge in [-0.25, -0.2) is 0 Å². The second kappa shape index (κ2) is 7.04. The minimum Gasteiger partial charge on any atom is -0.497 e.